The number of carbonyl (C=O) groups is 2. The summed E-state index contributed by atoms with van der Waals surface area (Å²) >= 11 is 1.63. The van der Waals surface area contributed by atoms with Gasteiger partial charge < -0.3 is 14.2 Å². The lowest BCUT2D eigenvalue weighted by Gasteiger charge is -2.31. The molecule has 1 fully saturated rings. The van der Waals surface area contributed by atoms with E-state index in [-0.39, 0.29) is 18.4 Å². The number of likely N-dealkylation sites (tertiary alicyclic amines) is 1. The Morgan fingerprint density at radius 3 is 2.88 bits per heavy atom. The molecule has 1 aliphatic rings. The van der Waals surface area contributed by atoms with Crippen molar-refractivity contribution in [1.29, 1.82) is 0 Å². The van der Waals surface area contributed by atoms with Gasteiger partial charge in [-0.3, -0.25) is 4.79 Å². The molecule has 2 aromatic rings. The molecule has 5 nitrogen and oxygen atoms in total. The highest BCUT2D eigenvalue weighted by molar-refractivity contribution is 7.19. The number of amides is 1. The highest BCUT2D eigenvalue weighted by atomic mass is 32.1. The molecule has 1 saturated heterocycles. The Morgan fingerprint density at radius 2 is 2.17 bits per heavy atom. The van der Waals surface area contributed by atoms with E-state index in [0.717, 1.165) is 29.7 Å². The normalized spacial score (nSPS) is 18.1. The summed E-state index contributed by atoms with van der Waals surface area (Å²) < 4.78 is 8.00. The van der Waals surface area contributed by atoms with E-state index in [1.165, 1.54) is 11.3 Å². The minimum atomic E-state index is -0.363. The standard InChI is InChI=1S/C18H24N2O3S/c1-4-23-18(22)15-9-16-14(8-13(3)24-16)20(15)11-17(21)19-7-5-6-12(2)10-19/h8-9,12H,4-7,10-11H2,1-3H3/t12-/m1/s1. The number of rotatable bonds is 4. The van der Waals surface area contributed by atoms with Crippen LogP contribution in [-0.4, -0.2) is 41.0 Å². The number of carbonyl (C=O) groups excluding carboxylic acids is 2. The molecule has 24 heavy (non-hydrogen) atoms. The molecule has 0 radical (unpaired) electrons. The lowest BCUT2D eigenvalue weighted by Crippen LogP contribution is -2.41. The maximum atomic E-state index is 12.8. The van der Waals surface area contributed by atoms with Gasteiger partial charge in [0.2, 0.25) is 5.91 Å². The Morgan fingerprint density at radius 1 is 1.38 bits per heavy atom. The summed E-state index contributed by atoms with van der Waals surface area (Å²) in [6.07, 6.45) is 2.23. The number of hydrogen-bond donors (Lipinski definition) is 0. The molecule has 0 aromatic carbocycles. The summed E-state index contributed by atoms with van der Waals surface area (Å²) in [4.78, 5) is 28.1. The molecule has 0 unspecified atom stereocenters. The van der Waals surface area contributed by atoms with Crippen LogP contribution in [0.1, 0.15) is 42.1 Å². The average Bonchev–Trinajstić information content (AvgIpc) is 3.05. The maximum absolute atomic E-state index is 12.8. The molecule has 0 aliphatic carbocycles. The van der Waals surface area contributed by atoms with E-state index in [4.69, 9.17) is 4.74 Å². The van der Waals surface area contributed by atoms with Gasteiger partial charge in [-0.2, -0.15) is 0 Å². The zero-order valence-electron chi connectivity index (χ0n) is 14.5. The van der Waals surface area contributed by atoms with Crippen molar-refractivity contribution < 1.29 is 14.3 Å². The van der Waals surface area contributed by atoms with Gasteiger partial charge in [0.15, 0.2) is 0 Å². The van der Waals surface area contributed by atoms with Crippen molar-refractivity contribution in [3.05, 3.63) is 22.7 Å². The van der Waals surface area contributed by atoms with Crippen molar-refractivity contribution in [1.82, 2.24) is 9.47 Å². The molecule has 0 bridgehead atoms. The molecular formula is C18H24N2O3S. The first-order valence-electron chi connectivity index (χ1n) is 8.54. The van der Waals surface area contributed by atoms with Crippen LogP contribution in [0, 0.1) is 12.8 Å². The molecule has 1 amide bonds. The fourth-order valence-corrected chi connectivity index (χ4v) is 4.32. The van der Waals surface area contributed by atoms with Gasteiger partial charge in [-0.15, -0.1) is 11.3 Å². The predicted molar refractivity (Wildman–Crippen MR) is 95.5 cm³/mol. The molecule has 2 aromatic heterocycles. The first kappa shape index (κ1) is 17.0. The summed E-state index contributed by atoms with van der Waals surface area (Å²) in [5, 5.41) is 0. The fraction of sp³-hybridized carbons (Fsp3) is 0.556. The second-order valence-electron chi connectivity index (χ2n) is 6.53. The molecule has 0 saturated carbocycles. The van der Waals surface area contributed by atoms with Crippen molar-refractivity contribution in [2.45, 2.75) is 40.2 Å². The van der Waals surface area contributed by atoms with Gasteiger partial charge in [-0.05, 0) is 44.7 Å². The van der Waals surface area contributed by atoms with E-state index in [9.17, 15) is 9.59 Å². The first-order chi connectivity index (χ1) is 11.5. The number of nitrogens with zero attached hydrogens (tertiary/aromatic N) is 2. The lowest BCUT2D eigenvalue weighted by molar-refractivity contribution is -0.133. The van der Waals surface area contributed by atoms with E-state index in [0.29, 0.717) is 18.2 Å². The van der Waals surface area contributed by atoms with Crippen LogP contribution in [0.3, 0.4) is 0 Å². The maximum Gasteiger partial charge on any atom is 0.355 e. The van der Waals surface area contributed by atoms with Gasteiger partial charge in [0.25, 0.3) is 0 Å². The Kier molecular flexibility index (Phi) is 4.94. The third kappa shape index (κ3) is 3.34. The quantitative estimate of drug-likeness (QED) is 0.795. The molecule has 6 heteroatoms. The second kappa shape index (κ2) is 6.97. The molecule has 1 aliphatic heterocycles. The molecule has 0 spiro atoms. The van der Waals surface area contributed by atoms with Crippen molar-refractivity contribution in [2.24, 2.45) is 5.92 Å². The van der Waals surface area contributed by atoms with Crippen LogP contribution >= 0.6 is 11.3 Å². The summed E-state index contributed by atoms with van der Waals surface area (Å²) in [5.41, 5.74) is 1.41. The number of ether oxygens (including phenoxy) is 1. The summed E-state index contributed by atoms with van der Waals surface area (Å²) in [7, 11) is 0. The lowest BCUT2D eigenvalue weighted by atomic mass is 10.0. The Bertz CT molecular complexity index is 762. The van der Waals surface area contributed by atoms with Crippen molar-refractivity contribution in [3.8, 4) is 0 Å². The number of hydrogen-bond acceptors (Lipinski definition) is 4. The van der Waals surface area contributed by atoms with Gasteiger partial charge in [0.1, 0.15) is 12.2 Å². The van der Waals surface area contributed by atoms with Gasteiger partial charge in [-0.1, -0.05) is 6.92 Å². The van der Waals surface area contributed by atoms with Gasteiger partial charge in [0.05, 0.1) is 16.8 Å². The Balaban J connectivity index is 1.89. The van der Waals surface area contributed by atoms with Crippen LogP contribution in [0.2, 0.25) is 0 Å². The van der Waals surface area contributed by atoms with E-state index < -0.39 is 0 Å². The van der Waals surface area contributed by atoms with Crippen LogP contribution in [0.25, 0.3) is 10.2 Å². The van der Waals surface area contributed by atoms with Gasteiger partial charge in [-0.25, -0.2) is 4.79 Å². The summed E-state index contributed by atoms with van der Waals surface area (Å²) in [5.74, 6) is 0.257. The van der Waals surface area contributed by atoms with Crippen molar-refractivity contribution in [3.63, 3.8) is 0 Å². The van der Waals surface area contributed by atoms with Crippen LogP contribution in [-0.2, 0) is 16.1 Å². The highest BCUT2D eigenvalue weighted by Crippen LogP contribution is 2.29. The van der Waals surface area contributed by atoms with Crippen LogP contribution < -0.4 is 0 Å². The largest absolute Gasteiger partial charge is 0.461 e. The SMILES string of the molecule is CCOC(=O)c1cc2sc(C)cc2n1CC(=O)N1CCC[C@@H](C)C1. The van der Waals surface area contributed by atoms with Crippen molar-refractivity contribution in [2.75, 3.05) is 19.7 Å². The minimum Gasteiger partial charge on any atom is -0.461 e. The van der Waals surface area contributed by atoms with Gasteiger partial charge >= 0.3 is 5.97 Å². The minimum absolute atomic E-state index is 0.0773. The topological polar surface area (TPSA) is 51.5 Å². The second-order valence-corrected chi connectivity index (χ2v) is 7.82. The van der Waals surface area contributed by atoms with Gasteiger partial charge in [0, 0.05) is 18.0 Å². The molecular weight excluding hydrogens is 324 g/mol. The number of aromatic nitrogens is 1. The number of piperidine rings is 1. The third-order valence-electron chi connectivity index (χ3n) is 4.50. The summed E-state index contributed by atoms with van der Waals surface area (Å²) in [6, 6.07) is 3.88. The number of aryl methyl sites for hydroxylation is 1. The smallest absolute Gasteiger partial charge is 0.355 e. The van der Waals surface area contributed by atoms with Crippen LogP contribution in [0.4, 0.5) is 0 Å². The molecule has 130 valence electrons. The monoisotopic (exact) mass is 348 g/mol. The molecule has 3 heterocycles. The van der Waals surface area contributed by atoms with E-state index >= 15 is 0 Å². The average molecular weight is 348 g/mol. The molecule has 3 rings (SSSR count). The van der Waals surface area contributed by atoms with E-state index in [1.807, 2.05) is 28.5 Å². The Labute approximate surface area is 146 Å². The van der Waals surface area contributed by atoms with E-state index in [1.54, 1.807) is 18.3 Å². The first-order valence-corrected chi connectivity index (χ1v) is 9.35. The summed E-state index contributed by atoms with van der Waals surface area (Å²) in [6.45, 7) is 8.14. The third-order valence-corrected chi connectivity index (χ3v) is 5.49. The van der Waals surface area contributed by atoms with E-state index in [2.05, 4.69) is 6.92 Å². The van der Waals surface area contributed by atoms with Crippen LogP contribution in [0.15, 0.2) is 12.1 Å². The predicted octanol–water partition coefficient (Wildman–Crippen LogP) is 3.45. The number of esters is 1. The molecule has 0 N–H and O–H groups in total. The zero-order valence-corrected chi connectivity index (χ0v) is 15.3. The molecule has 1 atom stereocenters. The zero-order chi connectivity index (χ0) is 17.3. The fourth-order valence-electron chi connectivity index (χ4n) is 3.36. The van der Waals surface area contributed by atoms with Crippen LogP contribution in [0.5, 0.6) is 0 Å². The highest BCUT2D eigenvalue weighted by Gasteiger charge is 2.24. The number of fused-ring (bicyclic) bond motifs is 1. The van der Waals surface area contributed by atoms with Crippen molar-refractivity contribution >= 4 is 33.4 Å². The number of thiophene rings is 1. The Hall–Kier alpha value is -1.82.